The fraction of sp³-hybridized carbons (Fsp3) is 0.235. The molecule has 2 rings (SSSR count). The van der Waals surface area contributed by atoms with E-state index in [9.17, 15) is 4.79 Å². The van der Waals surface area contributed by atoms with Crippen LogP contribution in [0, 0.1) is 0 Å². The number of benzene rings is 2. The van der Waals surface area contributed by atoms with E-state index in [2.05, 4.69) is 0 Å². The highest BCUT2D eigenvalue weighted by Crippen LogP contribution is 2.24. The van der Waals surface area contributed by atoms with Gasteiger partial charge in [-0.15, -0.1) is 0 Å². The molecule has 1 N–H and O–H groups in total. The summed E-state index contributed by atoms with van der Waals surface area (Å²) >= 11 is 11.8. The lowest BCUT2D eigenvalue weighted by atomic mass is 10.1. The van der Waals surface area contributed by atoms with Crippen LogP contribution >= 0.6 is 23.2 Å². The molecule has 0 saturated heterocycles. The Morgan fingerprint density at radius 3 is 2.30 bits per heavy atom. The maximum Gasteiger partial charge on any atom is 0.303 e. The van der Waals surface area contributed by atoms with Crippen molar-refractivity contribution in [2.24, 2.45) is 0 Å². The molecular formula is C17H16Cl2O4. The fourth-order valence-corrected chi connectivity index (χ4v) is 2.29. The van der Waals surface area contributed by atoms with Crippen molar-refractivity contribution in [1.29, 1.82) is 0 Å². The summed E-state index contributed by atoms with van der Waals surface area (Å²) in [5, 5.41) is 9.99. The number of ether oxygens (including phenoxy) is 2. The normalized spacial score (nSPS) is 10.3. The number of aliphatic carboxylic acids is 1. The van der Waals surface area contributed by atoms with Gasteiger partial charge in [0.2, 0.25) is 0 Å². The molecule has 2 aromatic rings. The van der Waals surface area contributed by atoms with Gasteiger partial charge in [-0.1, -0.05) is 23.2 Å². The van der Waals surface area contributed by atoms with Crippen LogP contribution in [-0.2, 0) is 11.2 Å². The van der Waals surface area contributed by atoms with Gasteiger partial charge in [0.05, 0.1) is 0 Å². The maximum absolute atomic E-state index is 10.7. The molecule has 2 aromatic carbocycles. The highest BCUT2D eigenvalue weighted by atomic mass is 35.5. The van der Waals surface area contributed by atoms with Gasteiger partial charge in [-0.2, -0.15) is 0 Å². The zero-order valence-electron chi connectivity index (χ0n) is 12.3. The third-order valence-electron chi connectivity index (χ3n) is 3.05. The summed E-state index contributed by atoms with van der Waals surface area (Å²) in [7, 11) is 0. The van der Waals surface area contributed by atoms with Gasteiger partial charge in [-0.05, 0) is 54.4 Å². The SMILES string of the molecule is O=C(O)CCc1cc(Cl)ccc1OCCOc1ccc(Cl)cc1. The molecule has 0 aliphatic rings. The summed E-state index contributed by atoms with van der Waals surface area (Å²) in [6.07, 6.45) is 0.390. The molecular weight excluding hydrogens is 339 g/mol. The van der Waals surface area contributed by atoms with Crippen LogP contribution in [0.5, 0.6) is 11.5 Å². The third-order valence-corrected chi connectivity index (χ3v) is 3.54. The summed E-state index contributed by atoms with van der Waals surface area (Å²) in [5.41, 5.74) is 0.770. The van der Waals surface area contributed by atoms with Crippen LogP contribution in [0.4, 0.5) is 0 Å². The van der Waals surface area contributed by atoms with E-state index in [1.165, 1.54) is 0 Å². The number of carbonyl (C=O) groups is 1. The summed E-state index contributed by atoms with van der Waals surface area (Å²) in [6.45, 7) is 0.701. The number of carboxylic acids is 1. The molecule has 0 amide bonds. The van der Waals surface area contributed by atoms with Crippen LogP contribution < -0.4 is 9.47 Å². The summed E-state index contributed by atoms with van der Waals surface area (Å²) < 4.78 is 11.2. The zero-order chi connectivity index (χ0) is 16.7. The molecule has 0 bridgehead atoms. The Hall–Kier alpha value is -1.91. The Bertz CT molecular complexity index is 656. The predicted octanol–water partition coefficient (Wildman–Crippen LogP) is 4.47. The molecule has 6 heteroatoms. The predicted molar refractivity (Wildman–Crippen MR) is 89.9 cm³/mol. The van der Waals surface area contributed by atoms with E-state index in [0.717, 1.165) is 5.56 Å². The average Bonchev–Trinajstić information content (AvgIpc) is 2.52. The van der Waals surface area contributed by atoms with Gasteiger partial charge >= 0.3 is 5.97 Å². The van der Waals surface area contributed by atoms with E-state index in [-0.39, 0.29) is 6.42 Å². The lowest BCUT2D eigenvalue weighted by Crippen LogP contribution is -2.10. The van der Waals surface area contributed by atoms with Crippen molar-refractivity contribution in [3.63, 3.8) is 0 Å². The van der Waals surface area contributed by atoms with E-state index in [4.69, 9.17) is 37.8 Å². The number of hydrogen-bond donors (Lipinski definition) is 1. The molecule has 0 heterocycles. The van der Waals surface area contributed by atoms with Crippen LogP contribution in [0.3, 0.4) is 0 Å². The zero-order valence-corrected chi connectivity index (χ0v) is 13.8. The quantitative estimate of drug-likeness (QED) is 0.710. The molecule has 0 atom stereocenters. The van der Waals surface area contributed by atoms with Crippen molar-refractivity contribution >= 4 is 29.2 Å². The monoisotopic (exact) mass is 354 g/mol. The van der Waals surface area contributed by atoms with Gasteiger partial charge in [-0.3, -0.25) is 4.79 Å². The molecule has 4 nitrogen and oxygen atoms in total. The number of halogens is 2. The number of hydrogen-bond acceptors (Lipinski definition) is 3. The van der Waals surface area contributed by atoms with Crippen molar-refractivity contribution in [2.75, 3.05) is 13.2 Å². The Kier molecular flexibility index (Phi) is 6.56. The van der Waals surface area contributed by atoms with Gasteiger partial charge in [0.1, 0.15) is 24.7 Å². The highest BCUT2D eigenvalue weighted by molar-refractivity contribution is 6.30. The van der Waals surface area contributed by atoms with Crippen LogP contribution in [0.15, 0.2) is 42.5 Å². The standard InChI is InChI=1S/C17H16Cl2O4/c18-13-2-5-15(6-3-13)22-9-10-23-16-7-4-14(19)11-12(16)1-8-17(20)21/h2-7,11H,1,8-10H2,(H,20,21). The van der Waals surface area contributed by atoms with E-state index in [1.54, 1.807) is 42.5 Å². The molecule has 0 spiro atoms. The fourth-order valence-electron chi connectivity index (χ4n) is 1.97. The van der Waals surface area contributed by atoms with E-state index in [0.29, 0.717) is 41.2 Å². The largest absolute Gasteiger partial charge is 0.490 e. The van der Waals surface area contributed by atoms with Crippen molar-refractivity contribution in [1.82, 2.24) is 0 Å². The number of aryl methyl sites for hydroxylation is 1. The van der Waals surface area contributed by atoms with Crippen LogP contribution in [0.2, 0.25) is 10.0 Å². The first kappa shape index (κ1) is 17.4. The first-order valence-corrected chi connectivity index (χ1v) is 7.81. The molecule has 122 valence electrons. The van der Waals surface area contributed by atoms with Gasteiger partial charge < -0.3 is 14.6 Å². The van der Waals surface area contributed by atoms with E-state index >= 15 is 0 Å². The second kappa shape index (κ2) is 8.65. The van der Waals surface area contributed by atoms with Crippen LogP contribution in [0.25, 0.3) is 0 Å². The Labute approximate surface area is 144 Å². The van der Waals surface area contributed by atoms with Crippen molar-refractivity contribution in [3.05, 3.63) is 58.1 Å². The maximum atomic E-state index is 10.7. The van der Waals surface area contributed by atoms with Gasteiger partial charge in [-0.25, -0.2) is 0 Å². The summed E-state index contributed by atoms with van der Waals surface area (Å²) in [6, 6.07) is 12.2. The molecule has 0 aromatic heterocycles. The Balaban J connectivity index is 1.86. The van der Waals surface area contributed by atoms with Crippen molar-refractivity contribution in [2.45, 2.75) is 12.8 Å². The Morgan fingerprint density at radius 2 is 1.61 bits per heavy atom. The molecule has 0 aliphatic carbocycles. The molecule has 0 aliphatic heterocycles. The van der Waals surface area contributed by atoms with E-state index in [1.807, 2.05) is 0 Å². The van der Waals surface area contributed by atoms with Gasteiger partial charge in [0, 0.05) is 16.5 Å². The molecule has 0 unspecified atom stereocenters. The van der Waals surface area contributed by atoms with Crippen LogP contribution in [0.1, 0.15) is 12.0 Å². The highest BCUT2D eigenvalue weighted by Gasteiger charge is 2.07. The smallest absolute Gasteiger partial charge is 0.303 e. The lowest BCUT2D eigenvalue weighted by molar-refractivity contribution is -0.136. The number of carboxylic acid groups (broad SMARTS) is 1. The van der Waals surface area contributed by atoms with Gasteiger partial charge in [0.25, 0.3) is 0 Å². The van der Waals surface area contributed by atoms with E-state index < -0.39 is 5.97 Å². The summed E-state index contributed by atoms with van der Waals surface area (Å²) in [5.74, 6) is 0.470. The Morgan fingerprint density at radius 1 is 0.957 bits per heavy atom. The second-order valence-electron chi connectivity index (χ2n) is 4.80. The van der Waals surface area contributed by atoms with Crippen LogP contribution in [-0.4, -0.2) is 24.3 Å². The first-order chi connectivity index (χ1) is 11.0. The van der Waals surface area contributed by atoms with Crippen molar-refractivity contribution < 1.29 is 19.4 Å². The molecule has 0 radical (unpaired) electrons. The lowest BCUT2D eigenvalue weighted by Gasteiger charge is -2.12. The second-order valence-corrected chi connectivity index (χ2v) is 5.67. The van der Waals surface area contributed by atoms with Crippen molar-refractivity contribution in [3.8, 4) is 11.5 Å². The minimum atomic E-state index is -0.859. The van der Waals surface area contributed by atoms with Gasteiger partial charge in [0.15, 0.2) is 0 Å². The summed E-state index contributed by atoms with van der Waals surface area (Å²) in [4.78, 5) is 10.7. The molecule has 0 saturated carbocycles. The molecule has 0 fully saturated rings. The topological polar surface area (TPSA) is 55.8 Å². The molecule has 23 heavy (non-hydrogen) atoms. The minimum absolute atomic E-state index is 0.0258. The first-order valence-electron chi connectivity index (χ1n) is 7.06. The number of rotatable bonds is 8. The average molecular weight is 355 g/mol. The third kappa shape index (κ3) is 6.00. The minimum Gasteiger partial charge on any atom is -0.490 e.